The van der Waals surface area contributed by atoms with Crippen molar-refractivity contribution in [2.45, 2.75) is 0 Å². The standard InChI is InChI=1S/C12H15NO4S/c1-17-11-4-2-3-10(9-11)12(14)13-5-7-18(15,16)8-6-13/h2-4,9H,5-8H2,1H3. The molecule has 0 atom stereocenters. The first-order valence-corrected chi connectivity index (χ1v) is 7.48. The zero-order chi connectivity index (χ0) is 13.2. The summed E-state index contributed by atoms with van der Waals surface area (Å²) in [5, 5.41) is 0. The predicted molar refractivity (Wildman–Crippen MR) is 67.6 cm³/mol. The van der Waals surface area contributed by atoms with E-state index in [1.54, 1.807) is 29.2 Å². The average molecular weight is 269 g/mol. The van der Waals surface area contributed by atoms with Gasteiger partial charge in [0, 0.05) is 18.7 Å². The monoisotopic (exact) mass is 269 g/mol. The van der Waals surface area contributed by atoms with Gasteiger partial charge in [-0.25, -0.2) is 8.42 Å². The van der Waals surface area contributed by atoms with E-state index in [2.05, 4.69) is 0 Å². The molecule has 0 aromatic heterocycles. The maximum Gasteiger partial charge on any atom is 0.254 e. The molecule has 1 aliphatic rings. The molecule has 1 amide bonds. The first-order chi connectivity index (χ1) is 8.52. The summed E-state index contributed by atoms with van der Waals surface area (Å²) in [6.07, 6.45) is 0. The highest BCUT2D eigenvalue weighted by molar-refractivity contribution is 7.91. The van der Waals surface area contributed by atoms with Crippen LogP contribution in [0.2, 0.25) is 0 Å². The van der Waals surface area contributed by atoms with Gasteiger partial charge in [0.15, 0.2) is 9.84 Å². The topological polar surface area (TPSA) is 63.7 Å². The molecule has 1 heterocycles. The molecule has 0 unspecified atom stereocenters. The second-order valence-electron chi connectivity index (χ2n) is 4.18. The molecule has 0 bridgehead atoms. The summed E-state index contributed by atoms with van der Waals surface area (Å²) >= 11 is 0. The van der Waals surface area contributed by atoms with Crippen molar-refractivity contribution < 1.29 is 17.9 Å². The highest BCUT2D eigenvalue weighted by Gasteiger charge is 2.25. The zero-order valence-corrected chi connectivity index (χ0v) is 10.9. The summed E-state index contributed by atoms with van der Waals surface area (Å²) in [5.74, 6) is 0.556. The van der Waals surface area contributed by atoms with Crippen molar-refractivity contribution in [2.75, 3.05) is 31.7 Å². The van der Waals surface area contributed by atoms with Crippen molar-refractivity contribution in [3.8, 4) is 5.75 Å². The number of carbonyl (C=O) groups is 1. The number of benzene rings is 1. The molecule has 6 heteroatoms. The Labute approximate surface area is 106 Å². The summed E-state index contributed by atoms with van der Waals surface area (Å²) in [5.41, 5.74) is 0.522. The van der Waals surface area contributed by atoms with Gasteiger partial charge in [-0.1, -0.05) is 6.07 Å². The van der Waals surface area contributed by atoms with Crippen LogP contribution in [-0.2, 0) is 9.84 Å². The Morgan fingerprint density at radius 3 is 2.56 bits per heavy atom. The zero-order valence-electron chi connectivity index (χ0n) is 10.1. The van der Waals surface area contributed by atoms with Crippen molar-refractivity contribution in [3.05, 3.63) is 29.8 Å². The van der Waals surface area contributed by atoms with Gasteiger partial charge in [0.1, 0.15) is 5.75 Å². The third-order valence-electron chi connectivity index (χ3n) is 2.95. The molecule has 0 saturated carbocycles. The van der Waals surface area contributed by atoms with Crippen LogP contribution in [0, 0.1) is 0 Å². The number of ether oxygens (including phenoxy) is 1. The van der Waals surface area contributed by atoms with Crippen LogP contribution in [0.1, 0.15) is 10.4 Å². The number of sulfone groups is 1. The van der Waals surface area contributed by atoms with Gasteiger partial charge < -0.3 is 9.64 Å². The van der Waals surface area contributed by atoms with Gasteiger partial charge in [-0.2, -0.15) is 0 Å². The number of methoxy groups -OCH3 is 1. The molecule has 98 valence electrons. The molecule has 1 aromatic carbocycles. The van der Waals surface area contributed by atoms with Crippen LogP contribution in [0.15, 0.2) is 24.3 Å². The lowest BCUT2D eigenvalue weighted by Gasteiger charge is -2.26. The predicted octanol–water partition coefficient (Wildman–Crippen LogP) is 0.566. The van der Waals surface area contributed by atoms with Crippen LogP contribution >= 0.6 is 0 Å². The second-order valence-corrected chi connectivity index (χ2v) is 6.48. The molecule has 1 saturated heterocycles. The van der Waals surface area contributed by atoms with E-state index in [0.717, 1.165) is 0 Å². The third-order valence-corrected chi connectivity index (χ3v) is 4.56. The summed E-state index contributed by atoms with van der Waals surface area (Å²) in [7, 11) is -1.42. The SMILES string of the molecule is COc1cccc(C(=O)N2CCS(=O)(=O)CC2)c1. The first-order valence-electron chi connectivity index (χ1n) is 5.65. The molecule has 1 aliphatic heterocycles. The summed E-state index contributed by atoms with van der Waals surface area (Å²) in [6.45, 7) is 0.525. The quantitative estimate of drug-likeness (QED) is 0.787. The molecule has 1 fully saturated rings. The molecule has 0 N–H and O–H groups in total. The Kier molecular flexibility index (Phi) is 3.56. The minimum atomic E-state index is -2.96. The normalized spacial score (nSPS) is 18.4. The van der Waals surface area contributed by atoms with Crippen LogP contribution in [-0.4, -0.2) is 50.9 Å². The van der Waals surface area contributed by atoms with E-state index < -0.39 is 9.84 Å². The fourth-order valence-electron chi connectivity index (χ4n) is 1.85. The van der Waals surface area contributed by atoms with Gasteiger partial charge >= 0.3 is 0 Å². The highest BCUT2D eigenvalue weighted by atomic mass is 32.2. The van der Waals surface area contributed by atoms with E-state index in [9.17, 15) is 13.2 Å². The largest absolute Gasteiger partial charge is 0.497 e. The van der Waals surface area contributed by atoms with E-state index in [-0.39, 0.29) is 30.5 Å². The lowest BCUT2D eigenvalue weighted by atomic mass is 10.2. The smallest absolute Gasteiger partial charge is 0.254 e. The number of nitrogens with zero attached hydrogens (tertiary/aromatic N) is 1. The van der Waals surface area contributed by atoms with Crippen LogP contribution in [0.5, 0.6) is 5.75 Å². The summed E-state index contributed by atoms with van der Waals surface area (Å²) in [4.78, 5) is 13.7. The molecule has 5 nitrogen and oxygen atoms in total. The Morgan fingerprint density at radius 1 is 1.28 bits per heavy atom. The minimum absolute atomic E-state index is 0.0444. The van der Waals surface area contributed by atoms with Gasteiger partial charge in [0.25, 0.3) is 5.91 Å². The van der Waals surface area contributed by atoms with Gasteiger partial charge in [-0.3, -0.25) is 4.79 Å². The first kappa shape index (κ1) is 12.9. The lowest BCUT2D eigenvalue weighted by Crippen LogP contribution is -2.43. The van der Waals surface area contributed by atoms with E-state index in [4.69, 9.17) is 4.74 Å². The van der Waals surface area contributed by atoms with Crippen molar-refractivity contribution in [1.82, 2.24) is 4.90 Å². The Bertz CT molecular complexity index is 539. The fraction of sp³-hybridized carbons (Fsp3) is 0.417. The van der Waals surface area contributed by atoms with Gasteiger partial charge in [0.05, 0.1) is 18.6 Å². The number of rotatable bonds is 2. The van der Waals surface area contributed by atoms with Crippen molar-refractivity contribution in [2.24, 2.45) is 0 Å². The molecular formula is C12H15NO4S. The van der Waals surface area contributed by atoms with Gasteiger partial charge in [-0.05, 0) is 18.2 Å². The number of hydrogen-bond donors (Lipinski definition) is 0. The summed E-state index contributed by atoms with van der Waals surface area (Å²) in [6, 6.07) is 6.86. The maximum atomic E-state index is 12.2. The van der Waals surface area contributed by atoms with E-state index in [1.165, 1.54) is 7.11 Å². The van der Waals surface area contributed by atoms with E-state index in [0.29, 0.717) is 11.3 Å². The number of hydrogen-bond acceptors (Lipinski definition) is 4. The molecule has 1 aromatic rings. The van der Waals surface area contributed by atoms with Crippen molar-refractivity contribution in [1.29, 1.82) is 0 Å². The Morgan fingerprint density at radius 2 is 1.94 bits per heavy atom. The second kappa shape index (κ2) is 4.97. The molecular weight excluding hydrogens is 254 g/mol. The van der Waals surface area contributed by atoms with Crippen LogP contribution < -0.4 is 4.74 Å². The number of carbonyl (C=O) groups excluding carboxylic acids is 1. The van der Waals surface area contributed by atoms with Crippen LogP contribution in [0.3, 0.4) is 0 Å². The Hall–Kier alpha value is -1.56. The van der Waals surface area contributed by atoms with E-state index in [1.807, 2.05) is 0 Å². The van der Waals surface area contributed by atoms with Gasteiger partial charge in [0.2, 0.25) is 0 Å². The average Bonchev–Trinajstić information content (AvgIpc) is 2.38. The fourth-order valence-corrected chi connectivity index (χ4v) is 3.06. The molecule has 0 spiro atoms. The third kappa shape index (κ3) is 2.81. The van der Waals surface area contributed by atoms with Crippen LogP contribution in [0.4, 0.5) is 0 Å². The van der Waals surface area contributed by atoms with E-state index >= 15 is 0 Å². The Balaban J connectivity index is 2.12. The molecule has 2 rings (SSSR count). The van der Waals surface area contributed by atoms with Crippen molar-refractivity contribution in [3.63, 3.8) is 0 Å². The highest BCUT2D eigenvalue weighted by Crippen LogP contribution is 2.15. The summed E-state index contributed by atoms with van der Waals surface area (Å²) < 4.78 is 27.7. The number of amides is 1. The van der Waals surface area contributed by atoms with Crippen molar-refractivity contribution >= 4 is 15.7 Å². The molecule has 18 heavy (non-hydrogen) atoms. The lowest BCUT2D eigenvalue weighted by molar-refractivity contribution is 0.0770. The van der Waals surface area contributed by atoms with Gasteiger partial charge in [-0.15, -0.1) is 0 Å². The molecule has 0 radical (unpaired) electrons. The molecule has 0 aliphatic carbocycles. The minimum Gasteiger partial charge on any atom is -0.497 e. The van der Waals surface area contributed by atoms with Crippen LogP contribution in [0.25, 0.3) is 0 Å². The maximum absolute atomic E-state index is 12.2.